The lowest BCUT2D eigenvalue weighted by Gasteiger charge is -2.14. The van der Waals surface area contributed by atoms with Crippen LogP contribution in [0.5, 0.6) is 5.75 Å². The highest BCUT2D eigenvalue weighted by molar-refractivity contribution is 6.00. The van der Waals surface area contributed by atoms with Gasteiger partial charge in [0.1, 0.15) is 12.4 Å². The highest BCUT2D eigenvalue weighted by Gasteiger charge is 2.16. The molecule has 0 aliphatic carbocycles. The van der Waals surface area contributed by atoms with Gasteiger partial charge in [-0.1, -0.05) is 23.8 Å². The number of rotatable bonds is 7. The minimum atomic E-state index is -0.319. The van der Waals surface area contributed by atoms with Crippen molar-refractivity contribution in [3.8, 4) is 5.75 Å². The SMILES string of the molecule is Cc1cc(C)c(NC(=O)CNC(=O)c2cccc(OCC3CCCO3)c2)c(C)c1. The first-order valence-corrected chi connectivity index (χ1v) is 9.93. The van der Waals surface area contributed by atoms with Crippen LogP contribution in [-0.2, 0) is 9.53 Å². The van der Waals surface area contributed by atoms with Gasteiger partial charge in [-0.15, -0.1) is 0 Å². The maximum Gasteiger partial charge on any atom is 0.251 e. The summed E-state index contributed by atoms with van der Waals surface area (Å²) in [5.74, 6) is 0.0303. The van der Waals surface area contributed by atoms with Crippen LogP contribution in [0.4, 0.5) is 5.69 Å². The number of hydrogen-bond donors (Lipinski definition) is 2. The molecular weight excluding hydrogens is 368 g/mol. The summed E-state index contributed by atoms with van der Waals surface area (Å²) in [6.07, 6.45) is 2.17. The molecule has 0 aromatic heterocycles. The molecule has 1 unspecified atom stereocenters. The summed E-state index contributed by atoms with van der Waals surface area (Å²) in [5, 5.41) is 5.55. The second-order valence-electron chi connectivity index (χ2n) is 7.48. The maximum atomic E-state index is 12.4. The summed E-state index contributed by atoms with van der Waals surface area (Å²) in [7, 11) is 0. The molecule has 0 spiro atoms. The van der Waals surface area contributed by atoms with Crippen molar-refractivity contribution in [1.82, 2.24) is 5.32 Å². The van der Waals surface area contributed by atoms with Crippen LogP contribution in [0.1, 0.15) is 39.9 Å². The molecule has 0 radical (unpaired) electrons. The summed E-state index contributed by atoms with van der Waals surface area (Å²) in [6.45, 7) is 7.08. The molecule has 1 aliphatic rings. The van der Waals surface area contributed by atoms with E-state index in [9.17, 15) is 9.59 Å². The zero-order valence-corrected chi connectivity index (χ0v) is 17.2. The molecule has 0 saturated carbocycles. The van der Waals surface area contributed by atoms with E-state index in [0.29, 0.717) is 17.9 Å². The second kappa shape index (κ2) is 9.56. The van der Waals surface area contributed by atoms with Crippen molar-refractivity contribution in [1.29, 1.82) is 0 Å². The molecule has 6 nitrogen and oxygen atoms in total. The van der Waals surface area contributed by atoms with Crippen molar-refractivity contribution >= 4 is 17.5 Å². The highest BCUT2D eigenvalue weighted by atomic mass is 16.5. The molecule has 1 saturated heterocycles. The average molecular weight is 396 g/mol. The van der Waals surface area contributed by atoms with Gasteiger partial charge < -0.3 is 20.1 Å². The number of hydrogen-bond acceptors (Lipinski definition) is 4. The molecule has 0 bridgehead atoms. The quantitative estimate of drug-likeness (QED) is 0.751. The van der Waals surface area contributed by atoms with Gasteiger partial charge in [0.15, 0.2) is 0 Å². The molecule has 2 aromatic carbocycles. The second-order valence-corrected chi connectivity index (χ2v) is 7.48. The summed E-state index contributed by atoms with van der Waals surface area (Å²) >= 11 is 0. The molecule has 1 fully saturated rings. The van der Waals surface area contributed by atoms with Crippen molar-refractivity contribution in [2.24, 2.45) is 0 Å². The molecule has 154 valence electrons. The molecule has 2 amide bonds. The largest absolute Gasteiger partial charge is 0.491 e. The van der Waals surface area contributed by atoms with E-state index in [2.05, 4.69) is 10.6 Å². The smallest absolute Gasteiger partial charge is 0.251 e. The van der Waals surface area contributed by atoms with E-state index in [0.717, 1.165) is 41.8 Å². The summed E-state index contributed by atoms with van der Waals surface area (Å²) in [4.78, 5) is 24.7. The van der Waals surface area contributed by atoms with Crippen LogP contribution < -0.4 is 15.4 Å². The van der Waals surface area contributed by atoms with E-state index in [4.69, 9.17) is 9.47 Å². The number of carbonyl (C=O) groups is 2. The third-order valence-electron chi connectivity index (χ3n) is 4.91. The number of carbonyl (C=O) groups excluding carboxylic acids is 2. The van der Waals surface area contributed by atoms with Crippen molar-refractivity contribution in [3.63, 3.8) is 0 Å². The van der Waals surface area contributed by atoms with Gasteiger partial charge in [0.2, 0.25) is 5.91 Å². The fourth-order valence-electron chi connectivity index (χ4n) is 3.52. The summed E-state index contributed by atoms with van der Waals surface area (Å²) in [6, 6.07) is 11.0. The van der Waals surface area contributed by atoms with Crippen LogP contribution >= 0.6 is 0 Å². The Morgan fingerprint density at radius 3 is 2.59 bits per heavy atom. The number of benzene rings is 2. The minimum Gasteiger partial charge on any atom is -0.491 e. The Labute approximate surface area is 171 Å². The van der Waals surface area contributed by atoms with Crippen LogP contribution in [0.25, 0.3) is 0 Å². The Morgan fingerprint density at radius 1 is 1.14 bits per heavy atom. The molecule has 2 aromatic rings. The Balaban J connectivity index is 1.52. The zero-order chi connectivity index (χ0) is 20.8. The first-order valence-electron chi connectivity index (χ1n) is 9.93. The van der Waals surface area contributed by atoms with Crippen LogP contribution in [0.15, 0.2) is 36.4 Å². The van der Waals surface area contributed by atoms with Gasteiger partial charge in [-0.25, -0.2) is 0 Å². The monoisotopic (exact) mass is 396 g/mol. The topological polar surface area (TPSA) is 76.7 Å². The van der Waals surface area contributed by atoms with Gasteiger partial charge in [0.25, 0.3) is 5.91 Å². The molecule has 1 atom stereocenters. The number of nitrogens with one attached hydrogen (secondary N) is 2. The molecule has 1 heterocycles. The summed E-state index contributed by atoms with van der Waals surface area (Å²) in [5.41, 5.74) is 4.38. The third kappa shape index (κ3) is 5.81. The Bertz CT molecular complexity index is 865. The van der Waals surface area contributed by atoms with E-state index in [1.807, 2.05) is 32.9 Å². The van der Waals surface area contributed by atoms with Crippen LogP contribution in [0.3, 0.4) is 0 Å². The van der Waals surface area contributed by atoms with E-state index < -0.39 is 0 Å². The Kier molecular flexibility index (Phi) is 6.88. The van der Waals surface area contributed by atoms with Crippen molar-refractivity contribution in [2.75, 3.05) is 25.1 Å². The number of amides is 2. The fraction of sp³-hybridized carbons (Fsp3) is 0.391. The first-order chi connectivity index (χ1) is 13.9. The van der Waals surface area contributed by atoms with Crippen LogP contribution in [-0.4, -0.2) is 37.7 Å². The van der Waals surface area contributed by atoms with E-state index in [1.165, 1.54) is 0 Å². The van der Waals surface area contributed by atoms with E-state index in [-0.39, 0.29) is 24.5 Å². The lowest BCUT2D eigenvalue weighted by atomic mass is 10.1. The van der Waals surface area contributed by atoms with Crippen molar-refractivity contribution in [2.45, 2.75) is 39.7 Å². The first kappa shape index (κ1) is 20.9. The molecule has 1 aliphatic heterocycles. The average Bonchev–Trinajstić information content (AvgIpc) is 3.21. The lowest BCUT2D eigenvalue weighted by molar-refractivity contribution is -0.115. The normalized spacial score (nSPS) is 15.8. The standard InChI is InChI=1S/C23H28N2O4/c1-15-10-16(2)22(17(3)11-15)25-21(26)13-24-23(27)18-6-4-7-19(12-18)29-14-20-8-5-9-28-20/h4,6-7,10-12,20H,5,8-9,13-14H2,1-3H3,(H,24,27)(H,25,26). The van der Waals surface area contributed by atoms with Crippen LogP contribution in [0.2, 0.25) is 0 Å². The van der Waals surface area contributed by atoms with E-state index >= 15 is 0 Å². The molecule has 6 heteroatoms. The zero-order valence-electron chi connectivity index (χ0n) is 17.2. The minimum absolute atomic E-state index is 0.105. The third-order valence-corrected chi connectivity index (χ3v) is 4.91. The maximum absolute atomic E-state index is 12.4. The highest BCUT2D eigenvalue weighted by Crippen LogP contribution is 2.22. The molecule has 3 rings (SSSR count). The predicted octanol–water partition coefficient (Wildman–Crippen LogP) is 3.54. The van der Waals surface area contributed by atoms with Crippen molar-refractivity contribution < 1.29 is 19.1 Å². The van der Waals surface area contributed by atoms with Gasteiger partial charge in [-0.3, -0.25) is 9.59 Å². The molecular formula is C23H28N2O4. The van der Waals surface area contributed by atoms with Gasteiger partial charge >= 0.3 is 0 Å². The van der Waals surface area contributed by atoms with Gasteiger partial charge in [-0.2, -0.15) is 0 Å². The van der Waals surface area contributed by atoms with Gasteiger partial charge in [0, 0.05) is 17.9 Å². The van der Waals surface area contributed by atoms with Gasteiger partial charge in [-0.05, 0) is 62.9 Å². The van der Waals surface area contributed by atoms with Crippen molar-refractivity contribution in [3.05, 3.63) is 58.7 Å². The number of anilines is 1. The molecule has 29 heavy (non-hydrogen) atoms. The van der Waals surface area contributed by atoms with E-state index in [1.54, 1.807) is 24.3 Å². The number of ether oxygens (including phenoxy) is 2. The van der Waals surface area contributed by atoms with Gasteiger partial charge in [0.05, 0.1) is 12.6 Å². The predicted molar refractivity (Wildman–Crippen MR) is 113 cm³/mol. The lowest BCUT2D eigenvalue weighted by Crippen LogP contribution is -2.33. The Hall–Kier alpha value is -2.86. The summed E-state index contributed by atoms with van der Waals surface area (Å²) < 4.78 is 11.3. The molecule has 2 N–H and O–H groups in total. The Morgan fingerprint density at radius 2 is 1.90 bits per heavy atom. The number of aryl methyl sites for hydroxylation is 3. The van der Waals surface area contributed by atoms with Crippen LogP contribution in [0, 0.1) is 20.8 Å². The fourth-order valence-corrected chi connectivity index (χ4v) is 3.52.